The molecule has 0 aliphatic heterocycles. The van der Waals surface area contributed by atoms with Gasteiger partial charge in [0, 0.05) is 5.56 Å². The third kappa shape index (κ3) is 5.36. The first kappa shape index (κ1) is 21.3. The van der Waals surface area contributed by atoms with Gasteiger partial charge in [0.15, 0.2) is 11.5 Å². The lowest BCUT2D eigenvalue weighted by molar-refractivity contribution is 0.279. The SMILES string of the molecule is COc1cc(C=NNS(=O)(=O)c2ccc(C)cc2)ccc1OCc1ccccc1F. The lowest BCUT2D eigenvalue weighted by Gasteiger charge is -2.11. The van der Waals surface area contributed by atoms with E-state index in [4.69, 9.17) is 9.47 Å². The highest BCUT2D eigenvalue weighted by Crippen LogP contribution is 2.28. The minimum Gasteiger partial charge on any atom is -0.493 e. The Morgan fingerprint density at radius 1 is 1.03 bits per heavy atom. The number of nitrogens with one attached hydrogen (secondary N) is 1. The lowest BCUT2D eigenvalue weighted by Crippen LogP contribution is -2.18. The van der Waals surface area contributed by atoms with Crippen molar-refractivity contribution in [2.75, 3.05) is 7.11 Å². The molecule has 0 aromatic heterocycles. The van der Waals surface area contributed by atoms with E-state index < -0.39 is 10.0 Å². The average Bonchev–Trinajstić information content (AvgIpc) is 2.74. The summed E-state index contributed by atoms with van der Waals surface area (Å²) < 4.78 is 49.2. The van der Waals surface area contributed by atoms with E-state index in [1.807, 2.05) is 6.92 Å². The number of benzene rings is 3. The summed E-state index contributed by atoms with van der Waals surface area (Å²) in [5.74, 6) is 0.496. The number of halogens is 1. The standard InChI is InChI=1S/C22H21FN2O4S/c1-16-7-10-19(11-8-16)30(26,27)25-24-14-17-9-12-21(22(13-17)28-2)29-15-18-5-3-4-6-20(18)23/h3-14,25H,15H2,1-2H3. The number of aryl methyl sites for hydroxylation is 1. The molecule has 3 aromatic rings. The fourth-order valence-corrected chi connectivity index (χ4v) is 3.39. The maximum absolute atomic E-state index is 13.7. The minimum atomic E-state index is -3.75. The topological polar surface area (TPSA) is 77.0 Å². The molecule has 156 valence electrons. The van der Waals surface area contributed by atoms with E-state index in [2.05, 4.69) is 9.93 Å². The van der Waals surface area contributed by atoms with E-state index in [-0.39, 0.29) is 17.3 Å². The molecule has 30 heavy (non-hydrogen) atoms. The van der Waals surface area contributed by atoms with Gasteiger partial charge in [-0.2, -0.15) is 13.5 Å². The molecule has 0 fully saturated rings. The van der Waals surface area contributed by atoms with Crippen molar-refractivity contribution in [2.45, 2.75) is 18.4 Å². The fraction of sp³-hybridized carbons (Fsp3) is 0.136. The summed E-state index contributed by atoms with van der Waals surface area (Å²) in [5, 5.41) is 3.81. The normalized spacial score (nSPS) is 11.4. The first-order valence-electron chi connectivity index (χ1n) is 9.05. The number of rotatable bonds is 8. The molecular weight excluding hydrogens is 407 g/mol. The number of methoxy groups -OCH3 is 1. The van der Waals surface area contributed by atoms with Crippen LogP contribution >= 0.6 is 0 Å². The van der Waals surface area contributed by atoms with Crippen LogP contribution in [0.2, 0.25) is 0 Å². The first-order chi connectivity index (χ1) is 14.4. The third-order valence-electron chi connectivity index (χ3n) is 4.25. The lowest BCUT2D eigenvalue weighted by atomic mass is 10.2. The van der Waals surface area contributed by atoms with Crippen LogP contribution in [0.4, 0.5) is 4.39 Å². The van der Waals surface area contributed by atoms with Gasteiger partial charge in [0.25, 0.3) is 10.0 Å². The molecule has 6 nitrogen and oxygen atoms in total. The summed E-state index contributed by atoms with van der Waals surface area (Å²) in [6.45, 7) is 1.92. The molecule has 0 saturated heterocycles. The van der Waals surface area contributed by atoms with Gasteiger partial charge < -0.3 is 9.47 Å². The second kappa shape index (κ2) is 9.41. The second-order valence-corrected chi connectivity index (χ2v) is 8.12. The van der Waals surface area contributed by atoms with Gasteiger partial charge >= 0.3 is 0 Å². The van der Waals surface area contributed by atoms with E-state index in [9.17, 15) is 12.8 Å². The van der Waals surface area contributed by atoms with Crippen molar-refractivity contribution in [2.24, 2.45) is 5.10 Å². The molecule has 0 heterocycles. The molecule has 1 N–H and O–H groups in total. The zero-order valence-corrected chi connectivity index (χ0v) is 17.3. The summed E-state index contributed by atoms with van der Waals surface area (Å²) in [7, 11) is -2.28. The molecule has 0 saturated carbocycles. The first-order valence-corrected chi connectivity index (χ1v) is 10.5. The van der Waals surface area contributed by atoms with Crippen molar-refractivity contribution in [3.8, 4) is 11.5 Å². The monoisotopic (exact) mass is 428 g/mol. The molecule has 0 amide bonds. The summed E-state index contributed by atoms with van der Waals surface area (Å²) in [6, 6.07) is 17.8. The minimum absolute atomic E-state index is 0.0484. The van der Waals surface area contributed by atoms with Crippen molar-refractivity contribution in [3.63, 3.8) is 0 Å². The highest BCUT2D eigenvalue weighted by Gasteiger charge is 2.12. The second-order valence-electron chi connectivity index (χ2n) is 6.46. The van der Waals surface area contributed by atoms with Crippen molar-refractivity contribution in [1.82, 2.24) is 4.83 Å². The van der Waals surface area contributed by atoms with Gasteiger partial charge in [-0.05, 0) is 48.9 Å². The zero-order chi connectivity index (χ0) is 21.6. The van der Waals surface area contributed by atoms with Crippen LogP contribution in [-0.4, -0.2) is 21.7 Å². The number of sulfonamides is 1. The third-order valence-corrected chi connectivity index (χ3v) is 5.49. The number of hydrazone groups is 1. The summed E-state index contributed by atoms with van der Waals surface area (Å²) in [6.07, 6.45) is 1.36. The largest absolute Gasteiger partial charge is 0.493 e. The summed E-state index contributed by atoms with van der Waals surface area (Å²) >= 11 is 0. The Bertz CT molecular complexity index is 1150. The summed E-state index contributed by atoms with van der Waals surface area (Å²) in [4.78, 5) is 2.30. The molecular formula is C22H21FN2O4S. The van der Waals surface area contributed by atoms with E-state index >= 15 is 0 Å². The Kier molecular flexibility index (Phi) is 6.68. The van der Waals surface area contributed by atoms with Gasteiger partial charge in [0.05, 0.1) is 18.2 Å². The number of ether oxygens (including phenoxy) is 2. The van der Waals surface area contributed by atoms with E-state index in [1.165, 1.54) is 31.5 Å². The molecule has 0 atom stereocenters. The molecule has 0 unspecified atom stereocenters. The van der Waals surface area contributed by atoms with Crippen LogP contribution in [0.25, 0.3) is 0 Å². The summed E-state index contributed by atoms with van der Waals surface area (Å²) in [5.41, 5.74) is 1.98. The molecule has 0 aliphatic carbocycles. The average molecular weight is 428 g/mol. The van der Waals surface area contributed by atoms with Crippen LogP contribution in [-0.2, 0) is 16.6 Å². The number of nitrogens with zero attached hydrogens (tertiary/aromatic N) is 1. The molecule has 0 radical (unpaired) electrons. The Morgan fingerprint density at radius 3 is 2.47 bits per heavy atom. The highest BCUT2D eigenvalue weighted by molar-refractivity contribution is 7.89. The smallest absolute Gasteiger partial charge is 0.276 e. The zero-order valence-electron chi connectivity index (χ0n) is 16.5. The molecule has 3 rings (SSSR count). The van der Waals surface area contributed by atoms with Gasteiger partial charge in [0.1, 0.15) is 12.4 Å². The Morgan fingerprint density at radius 2 is 1.77 bits per heavy atom. The van der Waals surface area contributed by atoms with Crippen LogP contribution in [0.1, 0.15) is 16.7 Å². The highest BCUT2D eigenvalue weighted by atomic mass is 32.2. The Balaban J connectivity index is 1.68. The maximum atomic E-state index is 13.7. The van der Waals surface area contributed by atoms with Gasteiger partial charge in [0.2, 0.25) is 0 Å². The van der Waals surface area contributed by atoms with Gasteiger partial charge in [-0.1, -0.05) is 35.9 Å². The van der Waals surface area contributed by atoms with Crippen LogP contribution in [0, 0.1) is 12.7 Å². The van der Waals surface area contributed by atoms with E-state index in [1.54, 1.807) is 48.5 Å². The van der Waals surface area contributed by atoms with Gasteiger partial charge in [-0.3, -0.25) is 0 Å². The van der Waals surface area contributed by atoms with Gasteiger partial charge in [-0.15, -0.1) is 0 Å². The van der Waals surface area contributed by atoms with Crippen LogP contribution in [0.5, 0.6) is 11.5 Å². The quantitative estimate of drug-likeness (QED) is 0.434. The molecule has 3 aromatic carbocycles. The van der Waals surface area contributed by atoms with Crippen molar-refractivity contribution in [1.29, 1.82) is 0 Å². The maximum Gasteiger partial charge on any atom is 0.276 e. The van der Waals surface area contributed by atoms with Crippen molar-refractivity contribution in [3.05, 3.63) is 89.2 Å². The Labute approximate surface area is 175 Å². The van der Waals surface area contributed by atoms with E-state index in [0.717, 1.165) is 5.56 Å². The van der Waals surface area contributed by atoms with Crippen molar-refractivity contribution >= 4 is 16.2 Å². The van der Waals surface area contributed by atoms with Crippen molar-refractivity contribution < 1.29 is 22.3 Å². The number of hydrogen-bond donors (Lipinski definition) is 1. The van der Waals surface area contributed by atoms with Gasteiger partial charge in [-0.25, -0.2) is 9.22 Å². The van der Waals surface area contributed by atoms with Crippen LogP contribution < -0.4 is 14.3 Å². The Hall–Kier alpha value is -3.39. The van der Waals surface area contributed by atoms with E-state index in [0.29, 0.717) is 22.6 Å². The molecule has 0 bridgehead atoms. The van der Waals surface area contributed by atoms with Crippen LogP contribution in [0.3, 0.4) is 0 Å². The predicted octanol–water partition coefficient (Wildman–Crippen LogP) is 4.03. The predicted molar refractivity (Wildman–Crippen MR) is 113 cm³/mol. The molecule has 8 heteroatoms. The molecule has 0 aliphatic rings. The van der Waals surface area contributed by atoms with Crippen LogP contribution in [0.15, 0.2) is 76.7 Å². The molecule has 0 spiro atoms. The fourth-order valence-electron chi connectivity index (χ4n) is 2.60. The number of hydrogen-bond acceptors (Lipinski definition) is 5.